The van der Waals surface area contributed by atoms with Gasteiger partial charge >= 0.3 is 6.61 Å². The number of anilines is 1. The number of nitrogens with zero attached hydrogens (tertiary/aromatic N) is 1. The predicted octanol–water partition coefficient (Wildman–Crippen LogP) is 4.20. The van der Waals surface area contributed by atoms with Gasteiger partial charge in [0.25, 0.3) is 11.8 Å². The number of rotatable bonds is 6. The molecule has 0 bridgehead atoms. The molecule has 1 aliphatic heterocycles. The Hall–Kier alpha value is -3.00. The SMILES string of the molecule is CC(C)C(C(=O)Nc1ccc(OC(F)F)c(Cl)c1)N1C(=O)c2ccccc2C1=O. The average Bonchev–Trinajstić information content (AvgIpc) is 2.89. The van der Waals surface area contributed by atoms with E-state index in [1.54, 1.807) is 26.0 Å². The second-order valence-electron chi connectivity index (χ2n) is 6.73. The Bertz CT molecular complexity index is 946. The van der Waals surface area contributed by atoms with E-state index < -0.39 is 30.4 Å². The first-order valence-corrected chi connectivity index (χ1v) is 9.10. The molecule has 3 amide bonds. The molecule has 0 saturated heterocycles. The molecule has 2 aromatic carbocycles. The van der Waals surface area contributed by atoms with Gasteiger partial charge < -0.3 is 10.1 Å². The highest BCUT2D eigenvalue weighted by atomic mass is 35.5. The number of nitrogens with one attached hydrogen (secondary N) is 1. The van der Waals surface area contributed by atoms with Crippen LogP contribution < -0.4 is 10.1 Å². The van der Waals surface area contributed by atoms with Crippen LogP contribution in [0.2, 0.25) is 5.02 Å². The molecular formula is C20H17ClF2N2O4. The van der Waals surface area contributed by atoms with Crippen molar-refractivity contribution >= 4 is 35.0 Å². The molecule has 0 fully saturated rings. The minimum absolute atomic E-state index is 0.120. The maximum Gasteiger partial charge on any atom is 0.387 e. The van der Waals surface area contributed by atoms with Crippen molar-refractivity contribution < 1.29 is 27.9 Å². The van der Waals surface area contributed by atoms with Gasteiger partial charge in [0.15, 0.2) is 0 Å². The number of hydrogen-bond acceptors (Lipinski definition) is 4. The summed E-state index contributed by atoms with van der Waals surface area (Å²) < 4.78 is 28.9. The van der Waals surface area contributed by atoms with Crippen LogP contribution in [-0.4, -0.2) is 35.3 Å². The lowest BCUT2D eigenvalue weighted by molar-refractivity contribution is -0.121. The number of halogens is 3. The number of amides is 3. The van der Waals surface area contributed by atoms with Crippen molar-refractivity contribution in [1.29, 1.82) is 0 Å². The fourth-order valence-electron chi connectivity index (χ4n) is 3.17. The van der Waals surface area contributed by atoms with Gasteiger partial charge in [-0.25, -0.2) is 0 Å². The normalized spacial score (nSPS) is 14.4. The number of fused-ring (bicyclic) bond motifs is 1. The minimum Gasteiger partial charge on any atom is -0.433 e. The van der Waals surface area contributed by atoms with Gasteiger partial charge in [-0.2, -0.15) is 8.78 Å². The van der Waals surface area contributed by atoms with E-state index >= 15 is 0 Å². The molecule has 0 saturated carbocycles. The summed E-state index contributed by atoms with van der Waals surface area (Å²) in [6.45, 7) is 0.382. The summed E-state index contributed by atoms with van der Waals surface area (Å²) >= 11 is 5.91. The molecule has 2 aromatic rings. The van der Waals surface area contributed by atoms with Crippen LogP contribution in [0, 0.1) is 5.92 Å². The zero-order valence-corrected chi connectivity index (χ0v) is 16.2. The quantitative estimate of drug-likeness (QED) is 0.708. The topological polar surface area (TPSA) is 75.7 Å². The highest BCUT2D eigenvalue weighted by Crippen LogP contribution is 2.31. The van der Waals surface area contributed by atoms with E-state index in [0.29, 0.717) is 0 Å². The molecular weight excluding hydrogens is 406 g/mol. The van der Waals surface area contributed by atoms with Crippen LogP contribution in [0.4, 0.5) is 14.5 Å². The summed E-state index contributed by atoms with van der Waals surface area (Å²) in [4.78, 5) is 39.3. The third kappa shape index (κ3) is 4.07. The number of carbonyl (C=O) groups excluding carboxylic acids is 3. The zero-order valence-electron chi connectivity index (χ0n) is 15.5. The number of benzene rings is 2. The molecule has 1 atom stereocenters. The van der Waals surface area contributed by atoms with Crippen molar-refractivity contribution in [2.24, 2.45) is 5.92 Å². The Morgan fingerprint density at radius 2 is 1.66 bits per heavy atom. The molecule has 1 heterocycles. The van der Waals surface area contributed by atoms with Gasteiger partial charge in [0.05, 0.1) is 16.1 Å². The van der Waals surface area contributed by atoms with Crippen LogP contribution in [0.1, 0.15) is 34.6 Å². The summed E-state index contributed by atoms with van der Waals surface area (Å²) in [5, 5.41) is 2.46. The Morgan fingerprint density at radius 3 is 2.14 bits per heavy atom. The van der Waals surface area contributed by atoms with Gasteiger partial charge in [0.2, 0.25) is 5.91 Å². The number of carbonyl (C=O) groups is 3. The fourth-order valence-corrected chi connectivity index (χ4v) is 3.39. The van der Waals surface area contributed by atoms with E-state index in [4.69, 9.17) is 11.6 Å². The second-order valence-corrected chi connectivity index (χ2v) is 7.13. The fraction of sp³-hybridized carbons (Fsp3) is 0.250. The molecule has 1 N–H and O–H groups in total. The molecule has 0 aromatic heterocycles. The Kier molecular flexibility index (Phi) is 5.83. The molecule has 3 rings (SSSR count). The molecule has 152 valence electrons. The number of imide groups is 1. The zero-order chi connectivity index (χ0) is 21.3. The summed E-state index contributed by atoms with van der Waals surface area (Å²) in [6, 6.07) is 9.05. The molecule has 0 spiro atoms. The number of ether oxygens (including phenoxy) is 1. The van der Waals surface area contributed by atoms with Crippen LogP contribution in [0.3, 0.4) is 0 Å². The monoisotopic (exact) mass is 422 g/mol. The van der Waals surface area contributed by atoms with Crippen molar-refractivity contribution in [3.8, 4) is 5.75 Å². The lowest BCUT2D eigenvalue weighted by atomic mass is 10.0. The minimum atomic E-state index is -3.04. The Morgan fingerprint density at radius 1 is 1.07 bits per heavy atom. The molecule has 1 unspecified atom stereocenters. The van der Waals surface area contributed by atoms with Gasteiger partial charge in [-0.05, 0) is 36.2 Å². The standard InChI is InChI=1S/C20H17ClF2N2O4/c1-10(2)16(25-18(27)12-5-3-4-6-13(12)19(25)28)17(26)24-11-7-8-15(14(21)9-11)29-20(22)23/h3-10,16,20H,1-2H3,(H,24,26). The molecule has 29 heavy (non-hydrogen) atoms. The molecule has 0 aliphatic carbocycles. The lowest BCUT2D eigenvalue weighted by Gasteiger charge is -2.28. The van der Waals surface area contributed by atoms with Gasteiger partial charge in [0, 0.05) is 5.69 Å². The largest absolute Gasteiger partial charge is 0.433 e. The first-order chi connectivity index (χ1) is 13.7. The summed E-state index contributed by atoms with van der Waals surface area (Å²) in [6.07, 6.45) is 0. The maximum atomic E-state index is 12.9. The van der Waals surface area contributed by atoms with Gasteiger partial charge in [0.1, 0.15) is 11.8 Å². The molecule has 9 heteroatoms. The first-order valence-electron chi connectivity index (χ1n) is 8.73. The number of alkyl halides is 2. The van der Waals surface area contributed by atoms with Crippen molar-refractivity contribution in [3.63, 3.8) is 0 Å². The summed E-state index contributed by atoms with van der Waals surface area (Å²) in [5.74, 6) is -2.31. The summed E-state index contributed by atoms with van der Waals surface area (Å²) in [5.41, 5.74) is 0.698. The van der Waals surface area contributed by atoms with Crippen LogP contribution in [0.15, 0.2) is 42.5 Å². The Labute approximate surface area is 170 Å². The second kappa shape index (κ2) is 8.16. The lowest BCUT2D eigenvalue weighted by Crippen LogP contribution is -2.50. The van der Waals surface area contributed by atoms with Crippen molar-refractivity contribution in [2.75, 3.05) is 5.32 Å². The molecule has 1 aliphatic rings. The van der Waals surface area contributed by atoms with Crippen LogP contribution in [-0.2, 0) is 4.79 Å². The predicted molar refractivity (Wildman–Crippen MR) is 102 cm³/mol. The first kappa shape index (κ1) is 20.7. The highest BCUT2D eigenvalue weighted by Gasteiger charge is 2.43. The molecule has 6 nitrogen and oxygen atoms in total. The van der Waals surface area contributed by atoms with Crippen molar-refractivity contribution in [1.82, 2.24) is 4.90 Å². The van der Waals surface area contributed by atoms with Crippen molar-refractivity contribution in [3.05, 3.63) is 58.6 Å². The van der Waals surface area contributed by atoms with Gasteiger partial charge in [-0.3, -0.25) is 19.3 Å². The highest BCUT2D eigenvalue weighted by molar-refractivity contribution is 6.32. The van der Waals surface area contributed by atoms with Crippen LogP contribution in [0.5, 0.6) is 5.75 Å². The smallest absolute Gasteiger partial charge is 0.387 e. The van der Waals surface area contributed by atoms with E-state index in [9.17, 15) is 23.2 Å². The third-order valence-corrected chi connectivity index (χ3v) is 4.71. The van der Waals surface area contributed by atoms with E-state index in [0.717, 1.165) is 4.90 Å². The van der Waals surface area contributed by atoms with E-state index in [1.807, 2.05) is 0 Å². The van der Waals surface area contributed by atoms with E-state index in [1.165, 1.54) is 30.3 Å². The van der Waals surface area contributed by atoms with Gasteiger partial charge in [-0.1, -0.05) is 37.6 Å². The van der Waals surface area contributed by atoms with Crippen LogP contribution >= 0.6 is 11.6 Å². The van der Waals surface area contributed by atoms with E-state index in [-0.39, 0.29) is 33.5 Å². The van der Waals surface area contributed by atoms with Crippen LogP contribution in [0.25, 0.3) is 0 Å². The molecule has 0 radical (unpaired) electrons. The van der Waals surface area contributed by atoms with E-state index in [2.05, 4.69) is 10.1 Å². The average molecular weight is 423 g/mol. The maximum absolute atomic E-state index is 12.9. The van der Waals surface area contributed by atoms with Gasteiger partial charge in [-0.15, -0.1) is 0 Å². The van der Waals surface area contributed by atoms with Crippen molar-refractivity contribution in [2.45, 2.75) is 26.5 Å². The Balaban J connectivity index is 1.84. The number of hydrogen-bond donors (Lipinski definition) is 1. The summed E-state index contributed by atoms with van der Waals surface area (Å²) in [7, 11) is 0. The third-order valence-electron chi connectivity index (χ3n) is 4.42.